The Bertz CT molecular complexity index is 536. The van der Waals surface area contributed by atoms with Crippen LogP contribution in [-0.4, -0.2) is 35.9 Å². The minimum absolute atomic E-state index is 0.185. The molecule has 5 heteroatoms. The second-order valence-electron chi connectivity index (χ2n) is 6.39. The summed E-state index contributed by atoms with van der Waals surface area (Å²) < 4.78 is 0. The van der Waals surface area contributed by atoms with Crippen molar-refractivity contribution < 1.29 is 4.79 Å². The predicted molar refractivity (Wildman–Crippen MR) is 83.0 cm³/mol. The molecule has 21 heavy (non-hydrogen) atoms. The summed E-state index contributed by atoms with van der Waals surface area (Å²) in [4.78, 5) is 18.7. The van der Waals surface area contributed by atoms with Crippen LogP contribution in [0.15, 0.2) is 18.5 Å². The fourth-order valence-corrected chi connectivity index (χ4v) is 4.33. The van der Waals surface area contributed by atoms with Crippen molar-refractivity contribution in [2.24, 2.45) is 11.3 Å². The minimum atomic E-state index is 0.185. The normalized spacial score (nSPS) is 29.1. The molecule has 0 bridgehead atoms. The van der Waals surface area contributed by atoms with E-state index in [1.54, 1.807) is 13.2 Å². The highest BCUT2D eigenvalue weighted by Crippen LogP contribution is 2.50. The standard InChI is InChI=1S/C16H22ClN3O/c1-18-15(21)14-3-2-4-16(14)5-6-20(11-16)10-12-7-13(17)9-19-8-12/h7-9,14H,2-6,10-11H2,1H3,(H,18,21). The zero-order valence-corrected chi connectivity index (χ0v) is 13.2. The first-order valence-electron chi connectivity index (χ1n) is 7.66. The summed E-state index contributed by atoms with van der Waals surface area (Å²) in [5, 5.41) is 3.53. The van der Waals surface area contributed by atoms with Gasteiger partial charge in [-0.25, -0.2) is 0 Å². The molecule has 1 aliphatic carbocycles. The fourth-order valence-electron chi connectivity index (χ4n) is 4.13. The molecule has 1 N–H and O–H groups in total. The maximum atomic E-state index is 12.1. The van der Waals surface area contributed by atoms with Crippen LogP contribution in [0.3, 0.4) is 0 Å². The zero-order chi connectivity index (χ0) is 14.9. The lowest BCUT2D eigenvalue weighted by atomic mass is 9.76. The maximum Gasteiger partial charge on any atom is 0.223 e. The molecule has 2 fully saturated rings. The highest BCUT2D eigenvalue weighted by Gasteiger charge is 2.49. The van der Waals surface area contributed by atoms with Crippen molar-refractivity contribution >= 4 is 17.5 Å². The topological polar surface area (TPSA) is 45.2 Å². The molecule has 2 heterocycles. The summed E-state index contributed by atoms with van der Waals surface area (Å²) in [6.45, 7) is 2.94. The van der Waals surface area contributed by atoms with Crippen LogP contribution < -0.4 is 5.32 Å². The molecule has 2 aliphatic rings. The van der Waals surface area contributed by atoms with Gasteiger partial charge in [0.05, 0.1) is 5.02 Å². The van der Waals surface area contributed by atoms with E-state index in [9.17, 15) is 4.79 Å². The molecule has 1 aromatic rings. The van der Waals surface area contributed by atoms with Gasteiger partial charge >= 0.3 is 0 Å². The SMILES string of the molecule is CNC(=O)C1CCCC12CCN(Cc1cncc(Cl)c1)C2. The number of halogens is 1. The van der Waals surface area contributed by atoms with Crippen molar-refractivity contribution in [1.82, 2.24) is 15.2 Å². The van der Waals surface area contributed by atoms with Gasteiger partial charge in [0.15, 0.2) is 0 Å². The van der Waals surface area contributed by atoms with Crippen LogP contribution in [0.5, 0.6) is 0 Å². The summed E-state index contributed by atoms with van der Waals surface area (Å²) in [5.41, 5.74) is 1.33. The van der Waals surface area contributed by atoms with Crippen molar-refractivity contribution in [2.45, 2.75) is 32.2 Å². The molecular formula is C16H22ClN3O. The van der Waals surface area contributed by atoms with Gasteiger partial charge in [0.2, 0.25) is 5.91 Å². The maximum absolute atomic E-state index is 12.1. The molecule has 3 rings (SSSR count). The van der Waals surface area contributed by atoms with E-state index in [1.165, 1.54) is 12.8 Å². The Morgan fingerprint density at radius 1 is 1.52 bits per heavy atom. The molecule has 1 aliphatic heterocycles. The molecule has 2 atom stereocenters. The van der Waals surface area contributed by atoms with E-state index in [-0.39, 0.29) is 17.2 Å². The lowest BCUT2D eigenvalue weighted by Crippen LogP contribution is -2.39. The van der Waals surface area contributed by atoms with E-state index in [1.807, 2.05) is 12.3 Å². The third-order valence-corrected chi connectivity index (χ3v) is 5.31. The van der Waals surface area contributed by atoms with Gasteiger partial charge in [0, 0.05) is 38.4 Å². The number of nitrogens with zero attached hydrogens (tertiary/aromatic N) is 2. The summed E-state index contributed by atoms with van der Waals surface area (Å²) in [6, 6.07) is 1.98. The van der Waals surface area contributed by atoms with Gasteiger partial charge in [-0.2, -0.15) is 0 Å². The first kappa shape index (κ1) is 14.8. The van der Waals surface area contributed by atoms with Crippen LogP contribution in [-0.2, 0) is 11.3 Å². The molecule has 1 saturated carbocycles. The molecule has 1 amide bonds. The number of carbonyl (C=O) groups is 1. The van der Waals surface area contributed by atoms with Crippen molar-refractivity contribution in [2.75, 3.05) is 20.1 Å². The Morgan fingerprint density at radius 2 is 2.38 bits per heavy atom. The van der Waals surface area contributed by atoms with Gasteiger partial charge in [-0.1, -0.05) is 18.0 Å². The summed E-state index contributed by atoms with van der Waals surface area (Å²) in [6.07, 6.45) is 8.04. The Morgan fingerprint density at radius 3 is 3.14 bits per heavy atom. The van der Waals surface area contributed by atoms with Crippen LogP contribution in [0.25, 0.3) is 0 Å². The predicted octanol–water partition coefficient (Wildman–Crippen LogP) is 2.47. The van der Waals surface area contributed by atoms with Gasteiger partial charge in [-0.3, -0.25) is 14.7 Å². The largest absolute Gasteiger partial charge is 0.359 e. The van der Waals surface area contributed by atoms with E-state index in [0.29, 0.717) is 5.02 Å². The average molecular weight is 308 g/mol. The monoisotopic (exact) mass is 307 g/mol. The molecule has 4 nitrogen and oxygen atoms in total. The van der Waals surface area contributed by atoms with E-state index in [2.05, 4.69) is 15.2 Å². The Labute approximate surface area is 130 Å². The number of carbonyl (C=O) groups excluding carboxylic acids is 1. The van der Waals surface area contributed by atoms with Crippen molar-refractivity contribution in [3.05, 3.63) is 29.0 Å². The summed E-state index contributed by atoms with van der Waals surface area (Å²) in [7, 11) is 1.75. The van der Waals surface area contributed by atoms with E-state index >= 15 is 0 Å². The molecular weight excluding hydrogens is 286 g/mol. The number of nitrogens with one attached hydrogen (secondary N) is 1. The van der Waals surface area contributed by atoms with E-state index in [4.69, 9.17) is 11.6 Å². The molecule has 1 spiro atoms. The van der Waals surface area contributed by atoms with Crippen LogP contribution in [0.1, 0.15) is 31.2 Å². The summed E-state index contributed by atoms with van der Waals surface area (Å²) in [5.74, 6) is 0.406. The Hall–Kier alpha value is -1.13. The quantitative estimate of drug-likeness (QED) is 0.933. The highest BCUT2D eigenvalue weighted by molar-refractivity contribution is 6.30. The lowest BCUT2D eigenvalue weighted by Gasteiger charge is -2.30. The number of rotatable bonds is 3. The van der Waals surface area contributed by atoms with Gasteiger partial charge in [0.1, 0.15) is 0 Å². The van der Waals surface area contributed by atoms with E-state index < -0.39 is 0 Å². The Kier molecular flexibility index (Phi) is 4.18. The smallest absolute Gasteiger partial charge is 0.223 e. The Balaban J connectivity index is 1.68. The van der Waals surface area contributed by atoms with Gasteiger partial charge in [-0.15, -0.1) is 0 Å². The number of likely N-dealkylation sites (tertiary alicyclic amines) is 1. The molecule has 1 saturated heterocycles. The second-order valence-corrected chi connectivity index (χ2v) is 6.83. The number of hydrogen-bond donors (Lipinski definition) is 1. The van der Waals surface area contributed by atoms with Crippen LogP contribution >= 0.6 is 11.6 Å². The van der Waals surface area contributed by atoms with Gasteiger partial charge in [0.25, 0.3) is 0 Å². The molecule has 0 radical (unpaired) electrons. The molecule has 1 aromatic heterocycles. The number of pyridine rings is 1. The summed E-state index contributed by atoms with van der Waals surface area (Å²) >= 11 is 6.00. The van der Waals surface area contributed by atoms with Crippen LogP contribution in [0.4, 0.5) is 0 Å². The second kappa shape index (κ2) is 5.93. The first-order chi connectivity index (χ1) is 10.1. The third kappa shape index (κ3) is 2.92. The number of amides is 1. The van der Waals surface area contributed by atoms with Gasteiger partial charge < -0.3 is 5.32 Å². The molecule has 114 valence electrons. The number of hydrogen-bond acceptors (Lipinski definition) is 3. The van der Waals surface area contributed by atoms with Crippen molar-refractivity contribution in [1.29, 1.82) is 0 Å². The minimum Gasteiger partial charge on any atom is -0.359 e. The highest BCUT2D eigenvalue weighted by atomic mass is 35.5. The lowest BCUT2D eigenvalue weighted by molar-refractivity contribution is -0.127. The van der Waals surface area contributed by atoms with Crippen molar-refractivity contribution in [3.63, 3.8) is 0 Å². The zero-order valence-electron chi connectivity index (χ0n) is 12.4. The number of aromatic nitrogens is 1. The molecule has 0 aromatic carbocycles. The van der Waals surface area contributed by atoms with Gasteiger partial charge in [-0.05, 0) is 42.9 Å². The fraction of sp³-hybridized carbons (Fsp3) is 0.625. The van der Waals surface area contributed by atoms with E-state index in [0.717, 1.165) is 38.0 Å². The van der Waals surface area contributed by atoms with Crippen LogP contribution in [0.2, 0.25) is 5.02 Å². The first-order valence-corrected chi connectivity index (χ1v) is 8.04. The van der Waals surface area contributed by atoms with Crippen LogP contribution in [0, 0.1) is 11.3 Å². The third-order valence-electron chi connectivity index (χ3n) is 5.10. The molecule has 2 unspecified atom stereocenters. The van der Waals surface area contributed by atoms with Crippen molar-refractivity contribution in [3.8, 4) is 0 Å². The average Bonchev–Trinajstić information content (AvgIpc) is 3.06.